The van der Waals surface area contributed by atoms with Gasteiger partial charge in [0, 0.05) is 15.6 Å². The number of ether oxygens (including phenoxy) is 2. The first-order valence-corrected chi connectivity index (χ1v) is 11.3. The molecule has 1 atom stereocenters. The monoisotopic (exact) mass is 461 g/mol. The van der Waals surface area contributed by atoms with Crippen molar-refractivity contribution in [2.24, 2.45) is 0 Å². The van der Waals surface area contributed by atoms with Gasteiger partial charge < -0.3 is 14.8 Å². The molecule has 0 bridgehead atoms. The van der Waals surface area contributed by atoms with E-state index in [2.05, 4.69) is 22.5 Å². The van der Waals surface area contributed by atoms with Crippen molar-refractivity contribution < 1.29 is 14.3 Å². The molecule has 0 saturated carbocycles. The third-order valence-electron chi connectivity index (χ3n) is 4.48. The van der Waals surface area contributed by atoms with E-state index in [0.717, 1.165) is 21.8 Å². The van der Waals surface area contributed by atoms with Crippen LogP contribution in [0.1, 0.15) is 18.2 Å². The Kier molecular flexibility index (Phi) is 6.08. The van der Waals surface area contributed by atoms with Gasteiger partial charge in [-0.2, -0.15) is 0 Å². The molecule has 9 heteroatoms. The first-order valence-electron chi connectivity index (χ1n) is 9.24. The molecule has 0 fully saturated rings. The topological polar surface area (TPSA) is 72.5 Å². The first-order chi connectivity index (χ1) is 14.4. The van der Waals surface area contributed by atoms with Crippen molar-refractivity contribution >= 4 is 51.5 Å². The van der Waals surface area contributed by atoms with Gasteiger partial charge in [-0.1, -0.05) is 40.8 Å². The van der Waals surface area contributed by atoms with Crippen LogP contribution in [0.3, 0.4) is 0 Å². The fourth-order valence-corrected chi connectivity index (χ4v) is 5.17. The van der Waals surface area contributed by atoms with Crippen LogP contribution in [-0.4, -0.2) is 23.6 Å². The lowest BCUT2D eigenvalue weighted by molar-refractivity contribution is 0.155. The quantitative estimate of drug-likeness (QED) is 0.458. The van der Waals surface area contributed by atoms with E-state index >= 15 is 0 Å². The molecule has 1 unspecified atom stereocenters. The average Bonchev–Trinajstić information content (AvgIpc) is 3.27. The number of anilines is 2. The molecular formula is C21H20ClN3O3S2. The van der Waals surface area contributed by atoms with Crippen molar-refractivity contribution in [3.8, 4) is 16.3 Å². The van der Waals surface area contributed by atoms with Gasteiger partial charge in [0.25, 0.3) is 0 Å². The Morgan fingerprint density at radius 1 is 1.30 bits per heavy atom. The summed E-state index contributed by atoms with van der Waals surface area (Å²) >= 11 is 9.17. The second kappa shape index (κ2) is 8.75. The number of halogens is 1. The molecule has 1 amide bonds. The predicted octanol–water partition coefficient (Wildman–Crippen LogP) is 6.39. The van der Waals surface area contributed by atoms with Gasteiger partial charge in [0.1, 0.15) is 22.4 Å². The molecule has 6 nitrogen and oxygen atoms in total. The summed E-state index contributed by atoms with van der Waals surface area (Å²) in [5.74, 6) is 0.628. The van der Waals surface area contributed by atoms with E-state index in [1.807, 2.05) is 31.2 Å². The number of thiazole rings is 1. The molecule has 30 heavy (non-hydrogen) atoms. The Balaban J connectivity index is 1.41. The summed E-state index contributed by atoms with van der Waals surface area (Å²) in [4.78, 5) is 18.1. The highest BCUT2D eigenvalue weighted by Gasteiger charge is 2.18. The summed E-state index contributed by atoms with van der Waals surface area (Å²) in [7, 11) is 1.58. The summed E-state index contributed by atoms with van der Waals surface area (Å²) in [5, 5.41) is 8.47. The lowest BCUT2D eigenvalue weighted by Crippen LogP contribution is -2.13. The zero-order chi connectivity index (χ0) is 21.3. The van der Waals surface area contributed by atoms with Crippen molar-refractivity contribution in [1.29, 1.82) is 0 Å². The molecule has 1 aliphatic rings. The second-order valence-electron chi connectivity index (χ2n) is 6.71. The van der Waals surface area contributed by atoms with Crippen LogP contribution in [0.15, 0.2) is 41.3 Å². The molecule has 1 aliphatic heterocycles. The minimum absolute atomic E-state index is 0.190. The van der Waals surface area contributed by atoms with Crippen LogP contribution in [0.25, 0.3) is 10.6 Å². The Bertz CT molecular complexity index is 1100. The van der Waals surface area contributed by atoms with Gasteiger partial charge in [-0.3, -0.25) is 5.32 Å². The molecule has 156 valence electrons. The fraction of sp³-hybridized carbons (Fsp3) is 0.238. The van der Waals surface area contributed by atoms with E-state index in [1.165, 1.54) is 16.2 Å². The smallest absolute Gasteiger partial charge is 0.412 e. The molecule has 1 aromatic heterocycles. The summed E-state index contributed by atoms with van der Waals surface area (Å²) < 4.78 is 10.8. The fourth-order valence-electron chi connectivity index (χ4n) is 3.07. The van der Waals surface area contributed by atoms with Gasteiger partial charge in [0.2, 0.25) is 0 Å². The van der Waals surface area contributed by atoms with Crippen LogP contribution >= 0.6 is 34.7 Å². The lowest BCUT2D eigenvalue weighted by Gasteiger charge is -2.08. The van der Waals surface area contributed by atoms with Crippen LogP contribution in [-0.2, 0) is 11.3 Å². The van der Waals surface area contributed by atoms with Crippen LogP contribution in [0, 0.1) is 6.92 Å². The van der Waals surface area contributed by atoms with Crippen molar-refractivity contribution in [3.63, 3.8) is 0 Å². The number of amides is 1. The Morgan fingerprint density at radius 3 is 2.93 bits per heavy atom. The number of nitrogens with zero attached hydrogens (tertiary/aromatic N) is 1. The van der Waals surface area contributed by atoms with Crippen molar-refractivity contribution in [2.45, 2.75) is 30.7 Å². The van der Waals surface area contributed by atoms with E-state index in [9.17, 15) is 4.79 Å². The Labute approximate surface area is 188 Å². The van der Waals surface area contributed by atoms with Crippen LogP contribution < -0.4 is 15.4 Å². The van der Waals surface area contributed by atoms with Crippen molar-refractivity contribution in [3.05, 3.63) is 52.7 Å². The summed E-state index contributed by atoms with van der Waals surface area (Å²) in [5.41, 5.74) is 3.53. The predicted molar refractivity (Wildman–Crippen MR) is 123 cm³/mol. The number of carbonyl (C=O) groups is 1. The molecule has 0 saturated heterocycles. The SMILES string of the molecule is COc1cc(Cl)ccc1-c1nc(C)c(NC(=O)OCc2ccc3c(c2)NC(C)S3)s1. The van der Waals surface area contributed by atoms with E-state index < -0.39 is 6.09 Å². The number of nitrogens with one attached hydrogen (secondary N) is 2. The maximum absolute atomic E-state index is 12.3. The highest BCUT2D eigenvalue weighted by molar-refractivity contribution is 8.00. The number of aromatic nitrogens is 1. The molecule has 2 aromatic carbocycles. The zero-order valence-electron chi connectivity index (χ0n) is 16.6. The van der Waals surface area contributed by atoms with E-state index in [4.69, 9.17) is 21.1 Å². The molecule has 4 rings (SSSR count). The number of methoxy groups -OCH3 is 1. The van der Waals surface area contributed by atoms with Crippen LogP contribution in [0.4, 0.5) is 15.5 Å². The van der Waals surface area contributed by atoms with Crippen LogP contribution in [0.5, 0.6) is 5.75 Å². The second-order valence-corrected chi connectivity index (χ2v) is 9.53. The number of hydrogen-bond donors (Lipinski definition) is 2. The van der Waals surface area contributed by atoms with Crippen LogP contribution in [0.2, 0.25) is 5.02 Å². The number of fused-ring (bicyclic) bond motifs is 1. The highest BCUT2D eigenvalue weighted by Crippen LogP contribution is 2.39. The number of hydrogen-bond acceptors (Lipinski definition) is 7. The molecule has 0 aliphatic carbocycles. The summed E-state index contributed by atoms with van der Waals surface area (Å²) in [6.45, 7) is 4.14. The number of aryl methyl sites for hydroxylation is 1. The van der Waals surface area contributed by atoms with Gasteiger partial charge in [0.05, 0.1) is 23.7 Å². The number of thioether (sulfide) groups is 1. The zero-order valence-corrected chi connectivity index (χ0v) is 19.0. The van der Waals surface area contributed by atoms with Crippen molar-refractivity contribution in [2.75, 3.05) is 17.7 Å². The minimum atomic E-state index is -0.521. The Morgan fingerprint density at radius 2 is 2.13 bits per heavy atom. The summed E-state index contributed by atoms with van der Waals surface area (Å²) in [6.07, 6.45) is -0.521. The molecular weight excluding hydrogens is 442 g/mol. The van der Waals surface area contributed by atoms with E-state index in [-0.39, 0.29) is 6.61 Å². The van der Waals surface area contributed by atoms with Crippen molar-refractivity contribution in [1.82, 2.24) is 4.98 Å². The van der Waals surface area contributed by atoms with E-state index in [0.29, 0.717) is 26.8 Å². The average molecular weight is 462 g/mol. The maximum Gasteiger partial charge on any atom is 0.412 e. The maximum atomic E-state index is 12.3. The molecule has 0 spiro atoms. The standard InChI is InChI=1S/C21H20ClN3O3S2/c1-11-19(30-20(23-11)15-6-5-14(22)9-17(15)27-3)25-21(26)28-10-13-4-7-18-16(8-13)24-12(2)29-18/h4-9,12,24H,10H2,1-3H3,(H,25,26). The molecule has 0 radical (unpaired) electrons. The minimum Gasteiger partial charge on any atom is -0.496 e. The van der Waals surface area contributed by atoms with Gasteiger partial charge >= 0.3 is 6.09 Å². The number of benzene rings is 2. The molecule has 2 N–H and O–H groups in total. The highest BCUT2D eigenvalue weighted by atomic mass is 35.5. The normalized spacial score (nSPS) is 14.7. The molecule has 3 aromatic rings. The largest absolute Gasteiger partial charge is 0.496 e. The summed E-state index contributed by atoms with van der Waals surface area (Å²) in [6, 6.07) is 11.4. The van der Waals surface area contributed by atoms with Gasteiger partial charge in [-0.15, -0.1) is 0 Å². The third-order valence-corrected chi connectivity index (χ3v) is 6.91. The third kappa shape index (κ3) is 4.50. The Hall–Kier alpha value is -2.42. The first kappa shape index (κ1) is 20.8. The molecule has 2 heterocycles. The number of carbonyl (C=O) groups excluding carboxylic acids is 1. The number of rotatable bonds is 5. The lowest BCUT2D eigenvalue weighted by atomic mass is 10.2. The van der Waals surface area contributed by atoms with Gasteiger partial charge in [-0.05, 0) is 49.7 Å². The van der Waals surface area contributed by atoms with Gasteiger partial charge in [-0.25, -0.2) is 9.78 Å². The van der Waals surface area contributed by atoms with E-state index in [1.54, 1.807) is 31.0 Å². The van der Waals surface area contributed by atoms with Gasteiger partial charge in [0.15, 0.2) is 0 Å².